The molecule has 3 heteroatoms. The van der Waals surface area contributed by atoms with E-state index in [1.165, 1.54) is 66.4 Å². The van der Waals surface area contributed by atoms with Crippen molar-refractivity contribution in [2.75, 3.05) is 4.90 Å². The second-order valence-corrected chi connectivity index (χ2v) is 20.2. The third-order valence-corrected chi connectivity index (χ3v) is 13.7. The number of hydrogen-bond acceptors (Lipinski definition) is 3. The van der Waals surface area contributed by atoms with E-state index in [-0.39, 0.29) is 21.7 Å². The molecule has 292 valence electrons. The van der Waals surface area contributed by atoms with Gasteiger partial charge in [0.15, 0.2) is 0 Å². The lowest BCUT2D eigenvalue weighted by Gasteiger charge is -2.30. The molecule has 0 saturated heterocycles. The summed E-state index contributed by atoms with van der Waals surface area (Å²) in [6, 6.07) is 47.3. The fraction of sp³-hybridized carbons (Fsp3) is 0.250. The Balaban J connectivity index is 1.25. The highest BCUT2D eigenvalue weighted by Crippen LogP contribution is 2.59. The number of fused-ring (bicyclic) bond motifs is 13. The fourth-order valence-corrected chi connectivity index (χ4v) is 10.5. The first-order valence-corrected chi connectivity index (χ1v) is 21.2. The van der Waals surface area contributed by atoms with E-state index in [4.69, 9.17) is 8.83 Å². The van der Waals surface area contributed by atoms with Crippen LogP contribution in [0.25, 0.3) is 66.1 Å². The number of furan rings is 2. The molecule has 2 aliphatic carbocycles. The maximum Gasteiger partial charge on any atom is 0.143 e. The van der Waals surface area contributed by atoms with Gasteiger partial charge in [0.05, 0.1) is 16.8 Å². The molecule has 0 saturated carbocycles. The van der Waals surface area contributed by atoms with Crippen molar-refractivity contribution in [3.8, 4) is 22.3 Å². The Morgan fingerprint density at radius 3 is 1.92 bits per heavy atom. The SMILES string of the molecule is CC(C)(C)c1cc(C(C)(C)C)c2oc3c4c(ccc3c2c1)C(C)(C)c1cccc(N(c2ccc3c(c2)C(C)(C)c2ccccc2-3)c2cccc3oc5ccccc5c23)c1-4. The first-order chi connectivity index (χ1) is 28.0. The standard InChI is InChI=1S/C56H51NO2/c1-53(2,3)32-29-38-36-27-28-41-50(52(36)59-51(38)43(30-32)54(4,5)6)49-40(56(41,9)10)20-15-21-45(49)57(44-22-16-24-47-48(44)37-18-12-14-23-46(37)58-47)33-25-26-35-34-17-11-13-19-39(34)55(7,8)42(35)31-33/h11-31H,1-10H3. The van der Waals surface area contributed by atoms with Crippen molar-refractivity contribution < 1.29 is 8.83 Å². The van der Waals surface area contributed by atoms with Gasteiger partial charge in [-0.15, -0.1) is 0 Å². The maximum atomic E-state index is 7.32. The van der Waals surface area contributed by atoms with Crippen LogP contribution in [0.15, 0.2) is 136 Å². The van der Waals surface area contributed by atoms with Crippen LogP contribution in [0.2, 0.25) is 0 Å². The average molecular weight is 770 g/mol. The Morgan fingerprint density at radius 2 is 1.12 bits per heavy atom. The lowest BCUT2D eigenvalue weighted by molar-refractivity contribution is 0.559. The van der Waals surface area contributed by atoms with Gasteiger partial charge in [-0.25, -0.2) is 0 Å². The van der Waals surface area contributed by atoms with Gasteiger partial charge in [-0.2, -0.15) is 0 Å². The average Bonchev–Trinajstić information content (AvgIpc) is 3.90. The van der Waals surface area contributed by atoms with Gasteiger partial charge < -0.3 is 13.7 Å². The van der Waals surface area contributed by atoms with Crippen molar-refractivity contribution in [3.63, 3.8) is 0 Å². The molecule has 11 rings (SSSR count). The second kappa shape index (κ2) is 11.8. The Morgan fingerprint density at radius 1 is 0.458 bits per heavy atom. The molecule has 0 atom stereocenters. The highest BCUT2D eigenvalue weighted by Gasteiger charge is 2.42. The summed E-state index contributed by atoms with van der Waals surface area (Å²) in [6.45, 7) is 23.3. The zero-order valence-electron chi connectivity index (χ0n) is 35.9. The van der Waals surface area contributed by atoms with Crippen molar-refractivity contribution in [2.24, 2.45) is 0 Å². The van der Waals surface area contributed by atoms with E-state index in [0.717, 1.165) is 50.2 Å². The van der Waals surface area contributed by atoms with Crippen molar-refractivity contribution in [1.29, 1.82) is 0 Å². The van der Waals surface area contributed by atoms with E-state index in [2.05, 4.69) is 202 Å². The Labute approximate surface area is 347 Å². The van der Waals surface area contributed by atoms with Crippen molar-refractivity contribution >= 4 is 60.9 Å². The highest BCUT2D eigenvalue weighted by atomic mass is 16.3. The molecule has 7 aromatic carbocycles. The molecular formula is C56H51NO2. The quantitative estimate of drug-likeness (QED) is 0.179. The lowest BCUT2D eigenvalue weighted by atomic mass is 9.79. The molecule has 9 aromatic rings. The summed E-state index contributed by atoms with van der Waals surface area (Å²) < 4.78 is 13.9. The minimum absolute atomic E-state index is 0.0131. The summed E-state index contributed by atoms with van der Waals surface area (Å²) >= 11 is 0. The predicted molar refractivity (Wildman–Crippen MR) is 248 cm³/mol. The summed E-state index contributed by atoms with van der Waals surface area (Å²) in [5.41, 5.74) is 19.4. The van der Waals surface area contributed by atoms with Crippen LogP contribution in [0.1, 0.15) is 103 Å². The predicted octanol–water partition coefficient (Wildman–Crippen LogP) is 16.2. The van der Waals surface area contributed by atoms with Crippen LogP contribution in [0.5, 0.6) is 0 Å². The molecule has 0 radical (unpaired) electrons. The number of rotatable bonds is 3. The number of nitrogens with zero attached hydrogens (tertiary/aromatic N) is 1. The number of hydrogen-bond donors (Lipinski definition) is 0. The van der Waals surface area contributed by atoms with Gasteiger partial charge in [0.2, 0.25) is 0 Å². The van der Waals surface area contributed by atoms with Crippen molar-refractivity contribution in [1.82, 2.24) is 0 Å². The Hall–Kier alpha value is -6.06. The minimum Gasteiger partial charge on any atom is -0.456 e. The molecular weight excluding hydrogens is 719 g/mol. The minimum atomic E-state index is -0.265. The molecule has 59 heavy (non-hydrogen) atoms. The summed E-state index contributed by atoms with van der Waals surface area (Å²) in [5.74, 6) is 0. The summed E-state index contributed by atoms with van der Waals surface area (Å²) in [6.07, 6.45) is 0. The smallest absolute Gasteiger partial charge is 0.143 e. The molecule has 0 fully saturated rings. The monoisotopic (exact) mass is 769 g/mol. The number of benzene rings is 7. The van der Waals surface area contributed by atoms with Crippen LogP contribution >= 0.6 is 0 Å². The number of anilines is 3. The Kier molecular flexibility index (Phi) is 7.20. The molecule has 0 bridgehead atoms. The van der Waals surface area contributed by atoms with E-state index in [1.54, 1.807) is 0 Å². The van der Waals surface area contributed by atoms with Crippen molar-refractivity contribution in [2.45, 2.75) is 90.9 Å². The van der Waals surface area contributed by atoms with Crippen LogP contribution in [0.3, 0.4) is 0 Å². The van der Waals surface area contributed by atoms with Gasteiger partial charge in [0.1, 0.15) is 22.3 Å². The van der Waals surface area contributed by atoms with Gasteiger partial charge in [-0.1, -0.05) is 154 Å². The fourth-order valence-electron chi connectivity index (χ4n) is 10.5. The summed E-state index contributed by atoms with van der Waals surface area (Å²) in [4.78, 5) is 2.51. The second-order valence-electron chi connectivity index (χ2n) is 20.2. The molecule has 2 aliphatic rings. The van der Waals surface area contributed by atoms with E-state index in [1.807, 2.05) is 0 Å². The van der Waals surface area contributed by atoms with E-state index in [0.29, 0.717) is 0 Å². The van der Waals surface area contributed by atoms with Crippen molar-refractivity contribution in [3.05, 3.63) is 161 Å². The molecule has 0 amide bonds. The third kappa shape index (κ3) is 4.94. The summed E-state index contributed by atoms with van der Waals surface area (Å²) in [7, 11) is 0. The van der Waals surface area contributed by atoms with E-state index in [9.17, 15) is 0 Å². The first kappa shape index (κ1) is 36.1. The van der Waals surface area contributed by atoms with E-state index < -0.39 is 0 Å². The van der Waals surface area contributed by atoms with Gasteiger partial charge in [0, 0.05) is 49.4 Å². The highest BCUT2D eigenvalue weighted by molar-refractivity contribution is 6.17. The zero-order chi connectivity index (χ0) is 41.0. The van der Waals surface area contributed by atoms with Gasteiger partial charge in [0.25, 0.3) is 0 Å². The molecule has 0 aliphatic heterocycles. The molecule has 3 nitrogen and oxygen atoms in total. The maximum absolute atomic E-state index is 7.32. The topological polar surface area (TPSA) is 29.5 Å². The van der Waals surface area contributed by atoms with Crippen LogP contribution in [0, 0.1) is 0 Å². The Bertz CT molecular complexity index is 3240. The normalized spacial score (nSPS) is 15.2. The molecule has 2 heterocycles. The van der Waals surface area contributed by atoms with Crippen LogP contribution in [-0.2, 0) is 21.7 Å². The number of para-hydroxylation sites is 1. The third-order valence-electron chi connectivity index (χ3n) is 13.7. The van der Waals surface area contributed by atoms with Crippen LogP contribution < -0.4 is 4.90 Å². The summed E-state index contributed by atoms with van der Waals surface area (Å²) in [5, 5.41) is 4.57. The lowest BCUT2D eigenvalue weighted by Crippen LogP contribution is -2.17. The van der Waals surface area contributed by atoms with Gasteiger partial charge in [-0.3, -0.25) is 0 Å². The van der Waals surface area contributed by atoms with Gasteiger partial charge in [-0.05, 0) is 92.2 Å². The van der Waals surface area contributed by atoms with E-state index >= 15 is 0 Å². The first-order valence-electron chi connectivity index (χ1n) is 21.2. The van der Waals surface area contributed by atoms with Crippen LogP contribution in [0.4, 0.5) is 17.1 Å². The molecule has 0 unspecified atom stereocenters. The largest absolute Gasteiger partial charge is 0.456 e. The zero-order valence-corrected chi connectivity index (χ0v) is 35.9. The van der Waals surface area contributed by atoms with Crippen LogP contribution in [-0.4, -0.2) is 0 Å². The molecule has 0 N–H and O–H groups in total. The molecule has 0 spiro atoms. The van der Waals surface area contributed by atoms with Gasteiger partial charge >= 0.3 is 0 Å². The molecule has 2 aromatic heterocycles.